The van der Waals surface area contributed by atoms with Crippen LogP contribution in [0.2, 0.25) is 0 Å². The third-order valence-electron chi connectivity index (χ3n) is 3.62. The lowest BCUT2D eigenvalue weighted by Crippen LogP contribution is -3.00. The number of fused-ring (bicyclic) bond motifs is 1. The lowest BCUT2D eigenvalue weighted by molar-refractivity contribution is -0.0000229. The predicted molar refractivity (Wildman–Crippen MR) is 87.9 cm³/mol. The van der Waals surface area contributed by atoms with Crippen molar-refractivity contribution in [2.45, 2.75) is 13.8 Å². The molecule has 0 spiro atoms. The quantitative estimate of drug-likeness (QED) is 0.683. The monoisotopic (exact) mass is 326 g/mol. The number of nitrogens with zero attached hydrogens (tertiary/aromatic N) is 1. The first-order chi connectivity index (χ1) is 10.7. The number of para-hydroxylation sites is 1. The van der Waals surface area contributed by atoms with E-state index in [2.05, 4.69) is 4.98 Å². The molecule has 118 valence electrons. The largest absolute Gasteiger partial charge is 1.00 e. The number of ether oxygens (including phenoxy) is 1. The topological polar surface area (TPSA) is 39.2 Å². The molecule has 0 unspecified atom stereocenters. The molecule has 3 nitrogen and oxygen atoms in total. The number of carbonyl (C=O) groups excluding carboxylic acids is 1. The third-order valence-corrected chi connectivity index (χ3v) is 3.62. The van der Waals surface area contributed by atoms with Gasteiger partial charge in [0.05, 0.1) is 23.4 Å². The van der Waals surface area contributed by atoms with Crippen molar-refractivity contribution in [2.24, 2.45) is 0 Å². The van der Waals surface area contributed by atoms with Gasteiger partial charge in [0.25, 0.3) is 0 Å². The standard InChI is InChI=1S/C19H17NO2.ClH/c1-3-22-19(21)17-13(2)20-16-12-8-7-11-15(16)18(17)14-9-5-4-6-10-14;/h4-12H,3H2,1-2H3;1H/p-1. The van der Waals surface area contributed by atoms with Gasteiger partial charge in [0, 0.05) is 10.9 Å². The van der Waals surface area contributed by atoms with Crippen LogP contribution in [0.25, 0.3) is 22.0 Å². The Morgan fingerprint density at radius 3 is 2.39 bits per heavy atom. The molecular weight excluding hydrogens is 310 g/mol. The number of rotatable bonds is 3. The van der Waals surface area contributed by atoms with Crippen LogP contribution in [0, 0.1) is 6.92 Å². The Morgan fingerprint density at radius 2 is 1.70 bits per heavy atom. The molecule has 0 atom stereocenters. The van der Waals surface area contributed by atoms with E-state index in [1.165, 1.54) is 0 Å². The molecule has 0 amide bonds. The van der Waals surface area contributed by atoms with Crippen LogP contribution in [0.3, 0.4) is 0 Å². The predicted octanol–water partition coefficient (Wildman–Crippen LogP) is 1.39. The highest BCUT2D eigenvalue weighted by molar-refractivity contribution is 6.07. The van der Waals surface area contributed by atoms with E-state index in [0.717, 1.165) is 22.0 Å². The van der Waals surface area contributed by atoms with Crippen molar-refractivity contribution in [3.63, 3.8) is 0 Å². The van der Waals surface area contributed by atoms with Crippen LogP contribution >= 0.6 is 0 Å². The number of benzene rings is 2. The summed E-state index contributed by atoms with van der Waals surface area (Å²) in [5, 5.41) is 0.961. The summed E-state index contributed by atoms with van der Waals surface area (Å²) >= 11 is 0. The number of hydrogen-bond acceptors (Lipinski definition) is 3. The first kappa shape index (κ1) is 17.0. The van der Waals surface area contributed by atoms with Gasteiger partial charge in [-0.15, -0.1) is 0 Å². The van der Waals surface area contributed by atoms with Gasteiger partial charge in [-0.25, -0.2) is 4.79 Å². The molecule has 1 aromatic heterocycles. The van der Waals surface area contributed by atoms with Crippen LogP contribution in [-0.2, 0) is 4.74 Å². The van der Waals surface area contributed by atoms with E-state index >= 15 is 0 Å². The normalized spacial score (nSPS) is 10.2. The SMILES string of the molecule is CCOC(=O)c1c(C)nc2ccccc2c1-c1ccccc1.[Cl-]. The molecule has 3 rings (SSSR count). The number of hydrogen-bond donors (Lipinski definition) is 0. The van der Waals surface area contributed by atoms with Gasteiger partial charge in [0.15, 0.2) is 0 Å². The van der Waals surface area contributed by atoms with Gasteiger partial charge >= 0.3 is 5.97 Å². The second kappa shape index (κ2) is 7.25. The van der Waals surface area contributed by atoms with Crippen molar-refractivity contribution in [3.8, 4) is 11.1 Å². The molecule has 0 aliphatic heterocycles. The zero-order valence-corrected chi connectivity index (χ0v) is 13.8. The Balaban J connectivity index is 0.00000192. The molecule has 3 aromatic rings. The van der Waals surface area contributed by atoms with Crippen molar-refractivity contribution in [3.05, 3.63) is 65.9 Å². The van der Waals surface area contributed by atoms with Crippen molar-refractivity contribution in [1.82, 2.24) is 4.98 Å². The Morgan fingerprint density at radius 1 is 1.04 bits per heavy atom. The Hall–Kier alpha value is -2.39. The van der Waals surface area contributed by atoms with E-state index < -0.39 is 0 Å². The Kier molecular flexibility index (Phi) is 5.35. The molecule has 2 aromatic carbocycles. The number of esters is 1. The van der Waals surface area contributed by atoms with Crippen LogP contribution in [0.4, 0.5) is 0 Å². The Bertz CT molecular complexity index is 831. The second-order valence-electron chi connectivity index (χ2n) is 5.05. The highest BCUT2D eigenvalue weighted by Crippen LogP contribution is 2.33. The summed E-state index contributed by atoms with van der Waals surface area (Å²) in [6, 6.07) is 17.8. The minimum absolute atomic E-state index is 0. The summed E-state index contributed by atoms with van der Waals surface area (Å²) in [5.41, 5.74) is 4.00. The van der Waals surface area contributed by atoms with E-state index in [4.69, 9.17) is 4.74 Å². The van der Waals surface area contributed by atoms with Gasteiger partial charge in [-0.2, -0.15) is 0 Å². The van der Waals surface area contributed by atoms with E-state index in [9.17, 15) is 4.79 Å². The van der Waals surface area contributed by atoms with E-state index in [1.54, 1.807) is 0 Å². The summed E-state index contributed by atoms with van der Waals surface area (Å²) in [5.74, 6) is -0.322. The summed E-state index contributed by atoms with van der Waals surface area (Å²) in [6.07, 6.45) is 0. The lowest BCUT2D eigenvalue weighted by atomic mass is 9.94. The number of aromatic nitrogens is 1. The summed E-state index contributed by atoms with van der Waals surface area (Å²) < 4.78 is 5.24. The van der Waals surface area contributed by atoms with Crippen LogP contribution in [0.5, 0.6) is 0 Å². The van der Waals surface area contributed by atoms with Gasteiger partial charge in [-0.1, -0.05) is 48.5 Å². The highest BCUT2D eigenvalue weighted by atomic mass is 35.5. The fourth-order valence-electron chi connectivity index (χ4n) is 2.69. The second-order valence-corrected chi connectivity index (χ2v) is 5.05. The van der Waals surface area contributed by atoms with E-state index in [1.807, 2.05) is 68.4 Å². The molecule has 1 heterocycles. The fraction of sp³-hybridized carbons (Fsp3) is 0.158. The Labute approximate surface area is 141 Å². The summed E-state index contributed by atoms with van der Waals surface area (Å²) in [4.78, 5) is 17.0. The van der Waals surface area contributed by atoms with Crippen LogP contribution < -0.4 is 12.4 Å². The average molecular weight is 327 g/mol. The van der Waals surface area contributed by atoms with Crippen molar-refractivity contribution < 1.29 is 21.9 Å². The van der Waals surface area contributed by atoms with Gasteiger partial charge in [0.1, 0.15) is 0 Å². The lowest BCUT2D eigenvalue weighted by Gasteiger charge is -2.14. The summed E-state index contributed by atoms with van der Waals surface area (Å²) in [7, 11) is 0. The first-order valence-corrected chi connectivity index (χ1v) is 7.34. The van der Waals surface area contributed by atoms with Crippen molar-refractivity contribution in [1.29, 1.82) is 0 Å². The van der Waals surface area contributed by atoms with Crippen LogP contribution in [0.1, 0.15) is 23.0 Å². The maximum atomic E-state index is 12.4. The molecular formula is C19H17ClNO2-. The molecule has 0 N–H and O–H groups in total. The van der Waals surface area contributed by atoms with E-state index in [0.29, 0.717) is 17.9 Å². The zero-order valence-electron chi connectivity index (χ0n) is 13.0. The van der Waals surface area contributed by atoms with Gasteiger partial charge < -0.3 is 17.1 Å². The van der Waals surface area contributed by atoms with Crippen molar-refractivity contribution >= 4 is 16.9 Å². The number of carbonyl (C=O) groups is 1. The molecule has 0 aliphatic rings. The number of pyridine rings is 1. The van der Waals surface area contributed by atoms with Gasteiger partial charge in [-0.05, 0) is 25.5 Å². The molecule has 0 saturated heterocycles. The molecule has 0 fully saturated rings. The zero-order chi connectivity index (χ0) is 15.5. The number of halogens is 1. The van der Waals surface area contributed by atoms with Crippen molar-refractivity contribution in [2.75, 3.05) is 6.61 Å². The van der Waals surface area contributed by atoms with Gasteiger partial charge in [0.2, 0.25) is 0 Å². The minimum atomic E-state index is -0.322. The first-order valence-electron chi connectivity index (χ1n) is 7.34. The summed E-state index contributed by atoms with van der Waals surface area (Å²) in [6.45, 7) is 4.01. The van der Waals surface area contributed by atoms with Crippen LogP contribution in [-0.4, -0.2) is 17.6 Å². The molecule has 23 heavy (non-hydrogen) atoms. The molecule has 0 aliphatic carbocycles. The molecule has 0 radical (unpaired) electrons. The van der Waals surface area contributed by atoms with Crippen LogP contribution in [0.15, 0.2) is 54.6 Å². The maximum Gasteiger partial charge on any atom is 0.340 e. The fourth-order valence-corrected chi connectivity index (χ4v) is 2.69. The molecule has 4 heteroatoms. The maximum absolute atomic E-state index is 12.4. The molecule has 0 saturated carbocycles. The molecule has 0 bridgehead atoms. The number of aryl methyl sites for hydroxylation is 1. The third kappa shape index (κ3) is 3.20. The average Bonchev–Trinajstić information content (AvgIpc) is 2.54. The highest BCUT2D eigenvalue weighted by Gasteiger charge is 2.20. The minimum Gasteiger partial charge on any atom is -1.00 e. The van der Waals surface area contributed by atoms with E-state index in [-0.39, 0.29) is 18.4 Å². The smallest absolute Gasteiger partial charge is 0.340 e. The van der Waals surface area contributed by atoms with Gasteiger partial charge in [-0.3, -0.25) is 4.98 Å².